The Labute approximate surface area is 150 Å². The first-order chi connectivity index (χ1) is 11.8. The summed E-state index contributed by atoms with van der Waals surface area (Å²) >= 11 is 0. The minimum atomic E-state index is -3.41. The summed E-state index contributed by atoms with van der Waals surface area (Å²) in [5.41, 5.74) is 1.29. The van der Waals surface area contributed by atoms with Gasteiger partial charge in [-0.3, -0.25) is 8.98 Å². The van der Waals surface area contributed by atoms with Gasteiger partial charge in [0.25, 0.3) is 10.1 Å². The Morgan fingerprint density at radius 1 is 1.16 bits per heavy atom. The molecule has 0 aromatic heterocycles. The third kappa shape index (κ3) is 7.57. The highest BCUT2D eigenvalue weighted by molar-refractivity contribution is 7.86. The predicted octanol–water partition coefficient (Wildman–Crippen LogP) is 3.48. The predicted molar refractivity (Wildman–Crippen MR) is 96.6 cm³/mol. The number of benzene rings is 1. The number of hydrogen-bond donors (Lipinski definition) is 0. The molecule has 5 nitrogen and oxygen atoms in total. The van der Waals surface area contributed by atoms with Crippen LogP contribution >= 0.6 is 0 Å². The normalized spacial score (nSPS) is 22.3. The highest BCUT2D eigenvalue weighted by Gasteiger charge is 2.31. The van der Waals surface area contributed by atoms with Crippen molar-refractivity contribution in [2.45, 2.75) is 64.1 Å². The summed E-state index contributed by atoms with van der Waals surface area (Å²) in [5.74, 6) is 0.0262. The Bertz CT molecular complexity index is 633. The number of carbonyl (C=O) groups is 1. The molecule has 1 saturated carbocycles. The number of hydrogen-bond acceptors (Lipinski definition) is 5. The van der Waals surface area contributed by atoms with Gasteiger partial charge in [-0.25, -0.2) is 0 Å². The average molecular weight is 368 g/mol. The summed E-state index contributed by atoms with van der Waals surface area (Å²) in [7, 11) is -3.41. The molecule has 1 aliphatic carbocycles. The molecule has 1 fully saturated rings. The quantitative estimate of drug-likeness (QED) is 0.519. The lowest BCUT2D eigenvalue weighted by Crippen LogP contribution is -2.32. The van der Waals surface area contributed by atoms with E-state index in [1.807, 2.05) is 18.2 Å². The van der Waals surface area contributed by atoms with Crippen LogP contribution in [0.3, 0.4) is 0 Å². The Balaban J connectivity index is 1.84. The third-order valence-electron chi connectivity index (χ3n) is 4.67. The molecule has 1 aliphatic rings. The SMILES string of the molecule is CC(=O)O[C@@H](CCCc1ccccc1)C1CCC(OS(C)(=O)=O)CC1. The van der Waals surface area contributed by atoms with Crippen LogP contribution in [0.2, 0.25) is 0 Å². The maximum atomic E-state index is 11.5. The zero-order valence-corrected chi connectivity index (χ0v) is 15.8. The summed E-state index contributed by atoms with van der Waals surface area (Å²) in [4.78, 5) is 11.5. The molecule has 0 saturated heterocycles. The minimum Gasteiger partial charge on any atom is -0.462 e. The van der Waals surface area contributed by atoms with Crippen LogP contribution in [0.25, 0.3) is 0 Å². The van der Waals surface area contributed by atoms with E-state index in [2.05, 4.69) is 12.1 Å². The second-order valence-corrected chi connectivity index (χ2v) is 8.46. The van der Waals surface area contributed by atoms with E-state index in [9.17, 15) is 13.2 Å². The van der Waals surface area contributed by atoms with Crippen LogP contribution in [-0.2, 0) is 30.3 Å². The molecule has 1 aromatic rings. The fraction of sp³-hybridized carbons (Fsp3) is 0.632. The number of aryl methyl sites for hydroxylation is 1. The summed E-state index contributed by atoms with van der Waals surface area (Å²) in [6, 6.07) is 10.3. The number of ether oxygens (including phenoxy) is 1. The molecular weight excluding hydrogens is 340 g/mol. The van der Waals surface area contributed by atoms with E-state index in [0.29, 0.717) is 12.8 Å². The Morgan fingerprint density at radius 2 is 1.80 bits per heavy atom. The minimum absolute atomic E-state index is 0.0969. The van der Waals surface area contributed by atoms with Crippen molar-refractivity contribution < 1.29 is 22.1 Å². The van der Waals surface area contributed by atoms with Gasteiger partial charge < -0.3 is 4.74 Å². The van der Waals surface area contributed by atoms with Gasteiger partial charge in [0.15, 0.2) is 0 Å². The first-order valence-electron chi connectivity index (χ1n) is 8.93. The van der Waals surface area contributed by atoms with Gasteiger partial charge in [0.1, 0.15) is 6.10 Å². The van der Waals surface area contributed by atoms with E-state index in [0.717, 1.165) is 38.4 Å². The lowest BCUT2D eigenvalue weighted by atomic mass is 9.82. The standard InChI is InChI=1S/C19H28O5S/c1-15(20)23-19(10-6-9-16-7-4-3-5-8-16)17-11-13-18(14-12-17)24-25(2,21)22/h3-5,7-8,17-19H,6,9-14H2,1-2H3/t17?,18?,19-/m0/s1. The van der Waals surface area contributed by atoms with Crippen molar-refractivity contribution in [2.75, 3.05) is 6.26 Å². The van der Waals surface area contributed by atoms with Crippen LogP contribution in [0, 0.1) is 5.92 Å². The van der Waals surface area contributed by atoms with Crippen molar-refractivity contribution in [1.82, 2.24) is 0 Å². The van der Waals surface area contributed by atoms with Gasteiger partial charge in [-0.05, 0) is 56.4 Å². The maximum absolute atomic E-state index is 11.5. The third-order valence-corrected chi connectivity index (χ3v) is 5.29. The van der Waals surface area contributed by atoms with Crippen LogP contribution in [0.4, 0.5) is 0 Å². The molecule has 0 radical (unpaired) electrons. The van der Waals surface area contributed by atoms with Gasteiger partial charge in [0, 0.05) is 6.92 Å². The summed E-state index contributed by atoms with van der Waals surface area (Å²) in [6.45, 7) is 1.45. The largest absolute Gasteiger partial charge is 0.462 e. The van der Waals surface area contributed by atoms with Crippen LogP contribution in [0.5, 0.6) is 0 Å². The van der Waals surface area contributed by atoms with Crippen molar-refractivity contribution in [2.24, 2.45) is 5.92 Å². The molecule has 140 valence electrons. The van der Waals surface area contributed by atoms with Crippen molar-refractivity contribution in [3.8, 4) is 0 Å². The molecule has 0 bridgehead atoms. The lowest BCUT2D eigenvalue weighted by Gasteiger charge is -2.33. The van der Waals surface area contributed by atoms with E-state index in [1.54, 1.807) is 0 Å². The Morgan fingerprint density at radius 3 is 2.36 bits per heavy atom. The van der Waals surface area contributed by atoms with Gasteiger partial charge >= 0.3 is 5.97 Å². The summed E-state index contributed by atoms with van der Waals surface area (Å²) < 4.78 is 33.1. The fourth-order valence-electron chi connectivity index (χ4n) is 3.56. The van der Waals surface area contributed by atoms with Crippen LogP contribution in [0.15, 0.2) is 30.3 Å². The van der Waals surface area contributed by atoms with Crippen LogP contribution in [0.1, 0.15) is 51.0 Å². The lowest BCUT2D eigenvalue weighted by molar-refractivity contribution is -0.150. The van der Waals surface area contributed by atoms with Gasteiger partial charge in [0.2, 0.25) is 0 Å². The Hall–Kier alpha value is -1.40. The van der Waals surface area contributed by atoms with E-state index in [1.165, 1.54) is 12.5 Å². The molecule has 25 heavy (non-hydrogen) atoms. The fourth-order valence-corrected chi connectivity index (χ4v) is 4.25. The zero-order chi connectivity index (χ0) is 18.3. The second kappa shape index (κ2) is 9.34. The summed E-state index contributed by atoms with van der Waals surface area (Å²) in [5, 5.41) is 0. The highest BCUT2D eigenvalue weighted by atomic mass is 32.2. The second-order valence-electron chi connectivity index (χ2n) is 6.86. The van der Waals surface area contributed by atoms with Crippen LogP contribution < -0.4 is 0 Å². The van der Waals surface area contributed by atoms with Crippen LogP contribution in [-0.4, -0.2) is 32.9 Å². The molecule has 6 heteroatoms. The first-order valence-corrected chi connectivity index (χ1v) is 10.7. The van der Waals surface area contributed by atoms with E-state index >= 15 is 0 Å². The number of esters is 1. The van der Waals surface area contributed by atoms with Gasteiger partial charge in [-0.15, -0.1) is 0 Å². The zero-order valence-electron chi connectivity index (χ0n) is 15.0. The molecule has 1 aromatic carbocycles. The molecule has 1 atom stereocenters. The maximum Gasteiger partial charge on any atom is 0.302 e. The topological polar surface area (TPSA) is 69.7 Å². The van der Waals surface area contributed by atoms with Gasteiger partial charge in [-0.1, -0.05) is 30.3 Å². The Kier molecular flexibility index (Phi) is 7.44. The smallest absolute Gasteiger partial charge is 0.302 e. The molecule has 0 spiro atoms. The van der Waals surface area contributed by atoms with Crippen molar-refractivity contribution in [3.05, 3.63) is 35.9 Å². The van der Waals surface area contributed by atoms with E-state index in [4.69, 9.17) is 8.92 Å². The molecule has 0 aliphatic heterocycles. The van der Waals surface area contributed by atoms with Crippen molar-refractivity contribution in [1.29, 1.82) is 0 Å². The first kappa shape index (κ1) is 19.9. The van der Waals surface area contributed by atoms with E-state index < -0.39 is 10.1 Å². The van der Waals surface area contributed by atoms with Gasteiger partial charge in [0.05, 0.1) is 12.4 Å². The number of carbonyl (C=O) groups excluding carboxylic acids is 1. The van der Waals surface area contributed by atoms with Gasteiger partial charge in [-0.2, -0.15) is 8.42 Å². The average Bonchev–Trinajstić information content (AvgIpc) is 2.54. The molecule has 0 amide bonds. The molecule has 0 N–H and O–H groups in total. The molecule has 0 heterocycles. The van der Waals surface area contributed by atoms with Crippen molar-refractivity contribution in [3.63, 3.8) is 0 Å². The van der Waals surface area contributed by atoms with Crippen molar-refractivity contribution >= 4 is 16.1 Å². The molecular formula is C19H28O5S. The monoisotopic (exact) mass is 368 g/mol. The highest BCUT2D eigenvalue weighted by Crippen LogP contribution is 2.32. The molecule has 2 rings (SSSR count). The van der Waals surface area contributed by atoms with E-state index in [-0.39, 0.29) is 24.1 Å². The molecule has 0 unspecified atom stereocenters. The number of rotatable bonds is 8. The summed E-state index contributed by atoms with van der Waals surface area (Å²) in [6.07, 6.45) is 6.53.